The molecule has 0 amide bonds. The average Bonchev–Trinajstić information content (AvgIpc) is 2.45. The molecule has 1 aromatic carbocycles. The number of Topliss-reactive ketones (excluding diaryl/α,β-unsaturated/α-hetero) is 1. The van der Waals surface area contributed by atoms with E-state index >= 15 is 0 Å². The molecule has 6 heteroatoms. The minimum atomic E-state index is -3.64. The Morgan fingerprint density at radius 1 is 1.19 bits per heavy atom. The van der Waals surface area contributed by atoms with Crippen LogP contribution in [0.25, 0.3) is 0 Å². The number of carbonyl (C=O) groups is 1. The molecule has 2 fully saturated rings. The summed E-state index contributed by atoms with van der Waals surface area (Å²) in [6.45, 7) is 1.90. The Kier molecular flexibility index (Phi) is 3.84. The van der Waals surface area contributed by atoms with Crippen LogP contribution in [0.4, 0.5) is 0 Å². The third-order valence-electron chi connectivity index (χ3n) is 4.51. The van der Waals surface area contributed by atoms with E-state index in [2.05, 4.69) is 0 Å². The number of hydrogen-bond donors (Lipinski definition) is 0. The van der Waals surface area contributed by atoms with Crippen LogP contribution in [0.2, 0.25) is 5.02 Å². The molecular weight excluding hydrogens is 310 g/mol. The molecule has 2 saturated heterocycles. The molecule has 0 aromatic heterocycles. The molecule has 114 valence electrons. The zero-order chi connectivity index (χ0) is 15.2. The van der Waals surface area contributed by atoms with E-state index in [1.807, 2.05) is 6.92 Å². The summed E-state index contributed by atoms with van der Waals surface area (Å²) in [6.07, 6.45) is 3.01. The van der Waals surface area contributed by atoms with Crippen molar-refractivity contribution in [2.75, 3.05) is 0 Å². The predicted molar refractivity (Wildman–Crippen MR) is 80.7 cm³/mol. The van der Waals surface area contributed by atoms with Crippen LogP contribution in [-0.4, -0.2) is 30.6 Å². The monoisotopic (exact) mass is 327 g/mol. The van der Waals surface area contributed by atoms with Crippen molar-refractivity contribution in [3.63, 3.8) is 0 Å². The molecule has 3 atom stereocenters. The Labute approximate surface area is 130 Å². The van der Waals surface area contributed by atoms with Gasteiger partial charge >= 0.3 is 0 Å². The van der Waals surface area contributed by atoms with Gasteiger partial charge in [0.1, 0.15) is 0 Å². The molecule has 2 aliphatic rings. The standard InChI is InChI=1S/C15H18ClNO3S/c1-10-9-12-3-2-4-14(15(10)18)17(12)21(19,20)13-7-5-11(16)6-8-13/h5-8,10,12,14H,2-4,9H2,1H3. The molecule has 2 heterocycles. The van der Waals surface area contributed by atoms with Crippen molar-refractivity contribution in [1.82, 2.24) is 4.31 Å². The molecule has 1 aromatic rings. The Morgan fingerprint density at radius 2 is 1.86 bits per heavy atom. The van der Waals surface area contributed by atoms with Crippen LogP contribution in [0.5, 0.6) is 0 Å². The van der Waals surface area contributed by atoms with Crippen LogP contribution >= 0.6 is 11.6 Å². The van der Waals surface area contributed by atoms with Gasteiger partial charge in [0.25, 0.3) is 0 Å². The van der Waals surface area contributed by atoms with E-state index in [1.165, 1.54) is 16.4 Å². The maximum Gasteiger partial charge on any atom is 0.243 e. The van der Waals surface area contributed by atoms with Crippen LogP contribution in [0.1, 0.15) is 32.6 Å². The van der Waals surface area contributed by atoms with Gasteiger partial charge < -0.3 is 0 Å². The zero-order valence-electron chi connectivity index (χ0n) is 11.8. The first-order valence-electron chi connectivity index (χ1n) is 7.24. The largest absolute Gasteiger partial charge is 0.298 e. The lowest BCUT2D eigenvalue weighted by atomic mass is 9.80. The van der Waals surface area contributed by atoms with Crippen LogP contribution in [0.15, 0.2) is 29.2 Å². The van der Waals surface area contributed by atoms with E-state index in [0.717, 1.165) is 12.8 Å². The van der Waals surface area contributed by atoms with Crippen molar-refractivity contribution in [1.29, 1.82) is 0 Å². The number of nitrogens with zero attached hydrogens (tertiary/aromatic N) is 1. The van der Waals surface area contributed by atoms with E-state index in [9.17, 15) is 13.2 Å². The molecule has 0 radical (unpaired) electrons. The number of halogens is 1. The fourth-order valence-electron chi connectivity index (χ4n) is 3.49. The van der Waals surface area contributed by atoms with Crippen molar-refractivity contribution in [2.45, 2.75) is 49.6 Å². The number of sulfonamides is 1. The van der Waals surface area contributed by atoms with Gasteiger partial charge in [0.2, 0.25) is 10.0 Å². The molecule has 21 heavy (non-hydrogen) atoms. The summed E-state index contributed by atoms with van der Waals surface area (Å²) >= 11 is 5.82. The normalized spacial score (nSPS) is 30.4. The van der Waals surface area contributed by atoms with Crippen molar-refractivity contribution < 1.29 is 13.2 Å². The lowest BCUT2D eigenvalue weighted by Crippen LogP contribution is -2.58. The first kappa shape index (κ1) is 15.0. The minimum absolute atomic E-state index is 0.0445. The first-order chi connectivity index (χ1) is 9.91. The summed E-state index contributed by atoms with van der Waals surface area (Å²) in [6, 6.07) is 5.61. The Bertz CT molecular complexity index is 656. The van der Waals surface area contributed by atoms with E-state index in [0.29, 0.717) is 17.9 Å². The van der Waals surface area contributed by atoms with Crippen molar-refractivity contribution >= 4 is 27.4 Å². The number of ketones is 1. The van der Waals surface area contributed by atoms with Crippen molar-refractivity contribution in [3.05, 3.63) is 29.3 Å². The van der Waals surface area contributed by atoms with Crippen LogP contribution in [0, 0.1) is 5.92 Å². The zero-order valence-corrected chi connectivity index (χ0v) is 13.4. The summed E-state index contributed by atoms with van der Waals surface area (Å²) in [5.74, 6) is 0.0143. The molecule has 0 saturated carbocycles. The maximum atomic E-state index is 12.9. The number of rotatable bonds is 2. The molecule has 0 spiro atoms. The molecule has 2 aliphatic heterocycles. The SMILES string of the molecule is CC1CC2CCCC(C1=O)N2S(=O)(=O)c1ccc(Cl)cc1. The van der Waals surface area contributed by atoms with E-state index in [-0.39, 0.29) is 22.6 Å². The van der Waals surface area contributed by atoms with Crippen LogP contribution in [0.3, 0.4) is 0 Å². The van der Waals surface area contributed by atoms with E-state index in [4.69, 9.17) is 11.6 Å². The lowest BCUT2D eigenvalue weighted by Gasteiger charge is -2.45. The summed E-state index contributed by atoms with van der Waals surface area (Å²) in [7, 11) is -3.64. The van der Waals surface area contributed by atoms with Gasteiger partial charge in [0, 0.05) is 17.0 Å². The number of benzene rings is 1. The highest BCUT2D eigenvalue weighted by molar-refractivity contribution is 7.89. The molecule has 3 rings (SSSR count). The van der Waals surface area contributed by atoms with E-state index < -0.39 is 16.1 Å². The smallest absolute Gasteiger partial charge is 0.243 e. The second-order valence-corrected chi connectivity index (χ2v) is 8.21. The highest BCUT2D eigenvalue weighted by Crippen LogP contribution is 2.38. The van der Waals surface area contributed by atoms with Gasteiger partial charge in [-0.1, -0.05) is 18.5 Å². The average molecular weight is 328 g/mol. The fraction of sp³-hybridized carbons (Fsp3) is 0.533. The second-order valence-electron chi connectivity index (χ2n) is 5.93. The number of carbonyl (C=O) groups excluding carboxylic acids is 1. The summed E-state index contributed by atoms with van der Waals surface area (Å²) in [4.78, 5) is 12.6. The number of piperidine rings is 2. The quantitative estimate of drug-likeness (QED) is 0.839. The molecule has 0 aliphatic carbocycles. The highest BCUT2D eigenvalue weighted by Gasteiger charge is 2.48. The number of hydrogen-bond acceptors (Lipinski definition) is 3. The van der Waals surface area contributed by atoms with Gasteiger partial charge in [0.05, 0.1) is 10.9 Å². The maximum absolute atomic E-state index is 12.9. The van der Waals surface area contributed by atoms with Crippen LogP contribution < -0.4 is 0 Å². The van der Waals surface area contributed by atoms with E-state index in [1.54, 1.807) is 12.1 Å². The van der Waals surface area contributed by atoms with Crippen LogP contribution in [-0.2, 0) is 14.8 Å². The van der Waals surface area contributed by atoms with Gasteiger partial charge in [0.15, 0.2) is 5.78 Å². The minimum Gasteiger partial charge on any atom is -0.298 e. The first-order valence-corrected chi connectivity index (χ1v) is 9.06. The summed E-state index contributed by atoms with van der Waals surface area (Å²) in [5, 5.41) is 0.498. The van der Waals surface area contributed by atoms with Gasteiger partial charge in [-0.15, -0.1) is 0 Å². The van der Waals surface area contributed by atoms with Gasteiger partial charge in [-0.3, -0.25) is 4.79 Å². The molecule has 4 nitrogen and oxygen atoms in total. The Balaban J connectivity index is 2.01. The molecule has 2 bridgehead atoms. The lowest BCUT2D eigenvalue weighted by molar-refractivity contribution is -0.132. The molecular formula is C15H18ClNO3S. The van der Waals surface area contributed by atoms with Gasteiger partial charge in [-0.2, -0.15) is 4.31 Å². The topological polar surface area (TPSA) is 54.5 Å². The van der Waals surface area contributed by atoms with Gasteiger partial charge in [-0.05, 0) is 49.9 Å². The predicted octanol–water partition coefficient (Wildman–Crippen LogP) is 2.86. The number of fused-ring (bicyclic) bond motifs is 2. The Morgan fingerprint density at radius 3 is 2.52 bits per heavy atom. The van der Waals surface area contributed by atoms with Crippen molar-refractivity contribution in [2.24, 2.45) is 5.92 Å². The van der Waals surface area contributed by atoms with Gasteiger partial charge in [-0.25, -0.2) is 8.42 Å². The highest BCUT2D eigenvalue weighted by atomic mass is 35.5. The third-order valence-corrected chi connectivity index (χ3v) is 6.74. The molecule has 3 unspecified atom stereocenters. The third kappa shape index (κ3) is 2.51. The molecule has 0 N–H and O–H groups in total. The summed E-state index contributed by atoms with van der Waals surface area (Å²) in [5.41, 5.74) is 0. The van der Waals surface area contributed by atoms with Crippen molar-refractivity contribution in [3.8, 4) is 0 Å². The fourth-order valence-corrected chi connectivity index (χ4v) is 5.47. The second kappa shape index (κ2) is 5.38. The Hall–Kier alpha value is -0.910. The summed E-state index contributed by atoms with van der Waals surface area (Å²) < 4.78 is 27.3.